The van der Waals surface area contributed by atoms with Crippen molar-refractivity contribution in [3.05, 3.63) is 63.6 Å². The molecule has 4 nitrogen and oxygen atoms in total. The van der Waals surface area contributed by atoms with Crippen LogP contribution in [0, 0.1) is 11.3 Å². The Morgan fingerprint density at radius 1 is 1.30 bits per heavy atom. The predicted molar refractivity (Wildman–Crippen MR) is 81.1 cm³/mol. The lowest BCUT2D eigenvalue weighted by molar-refractivity contribution is 0.1000. The molecule has 0 spiro atoms. The number of carbonyl (C=O) groups is 1. The Labute approximate surface area is 125 Å². The SMILES string of the molecule is N#Cc1ccc(Br)cc1NCc1cccc(C(N)=O)c1. The lowest BCUT2D eigenvalue weighted by atomic mass is 10.1. The number of amides is 1. The normalized spacial score (nSPS) is 9.80. The average Bonchev–Trinajstić information content (AvgIpc) is 2.45. The largest absolute Gasteiger partial charge is 0.380 e. The van der Waals surface area contributed by atoms with Crippen molar-refractivity contribution >= 4 is 27.5 Å². The van der Waals surface area contributed by atoms with Crippen LogP contribution in [-0.4, -0.2) is 5.91 Å². The van der Waals surface area contributed by atoms with Gasteiger partial charge in [-0.05, 0) is 35.9 Å². The number of halogens is 1. The highest BCUT2D eigenvalue weighted by Gasteiger charge is 2.04. The number of anilines is 1. The highest BCUT2D eigenvalue weighted by molar-refractivity contribution is 9.10. The number of nitrogens with two attached hydrogens (primary N) is 1. The highest BCUT2D eigenvalue weighted by Crippen LogP contribution is 2.21. The summed E-state index contributed by atoms with van der Waals surface area (Å²) >= 11 is 3.37. The average molecular weight is 330 g/mol. The number of nitrogens with zero attached hydrogens (tertiary/aromatic N) is 1. The molecule has 0 saturated carbocycles. The first-order valence-corrected chi connectivity index (χ1v) is 6.71. The Hall–Kier alpha value is -2.32. The monoisotopic (exact) mass is 329 g/mol. The molecule has 5 heteroatoms. The van der Waals surface area contributed by atoms with Gasteiger partial charge in [0.2, 0.25) is 5.91 Å². The van der Waals surface area contributed by atoms with Gasteiger partial charge < -0.3 is 11.1 Å². The third-order valence-electron chi connectivity index (χ3n) is 2.80. The molecule has 20 heavy (non-hydrogen) atoms. The maximum Gasteiger partial charge on any atom is 0.248 e. The fourth-order valence-electron chi connectivity index (χ4n) is 1.79. The van der Waals surface area contributed by atoms with E-state index in [4.69, 9.17) is 11.0 Å². The van der Waals surface area contributed by atoms with E-state index in [1.54, 1.807) is 24.3 Å². The van der Waals surface area contributed by atoms with E-state index in [1.165, 1.54) is 0 Å². The number of carbonyl (C=O) groups excluding carboxylic acids is 1. The molecule has 0 aromatic heterocycles. The van der Waals surface area contributed by atoms with E-state index in [0.717, 1.165) is 15.7 Å². The number of rotatable bonds is 4. The second-order valence-electron chi connectivity index (χ2n) is 4.22. The molecular weight excluding hydrogens is 318 g/mol. The van der Waals surface area contributed by atoms with Crippen LogP contribution in [0.1, 0.15) is 21.5 Å². The topological polar surface area (TPSA) is 78.9 Å². The van der Waals surface area contributed by atoms with E-state index in [2.05, 4.69) is 27.3 Å². The van der Waals surface area contributed by atoms with Crippen LogP contribution in [0.4, 0.5) is 5.69 Å². The van der Waals surface area contributed by atoms with E-state index >= 15 is 0 Å². The third kappa shape index (κ3) is 3.37. The summed E-state index contributed by atoms with van der Waals surface area (Å²) in [7, 11) is 0. The van der Waals surface area contributed by atoms with Crippen molar-refractivity contribution in [1.82, 2.24) is 0 Å². The summed E-state index contributed by atoms with van der Waals surface area (Å²) in [4.78, 5) is 11.1. The van der Waals surface area contributed by atoms with Gasteiger partial charge in [0.1, 0.15) is 6.07 Å². The summed E-state index contributed by atoms with van der Waals surface area (Å²) < 4.78 is 0.893. The van der Waals surface area contributed by atoms with E-state index < -0.39 is 5.91 Å². The lowest BCUT2D eigenvalue weighted by Gasteiger charge is -2.09. The van der Waals surface area contributed by atoms with Gasteiger partial charge >= 0.3 is 0 Å². The van der Waals surface area contributed by atoms with Crippen molar-refractivity contribution in [1.29, 1.82) is 5.26 Å². The molecule has 0 atom stereocenters. The summed E-state index contributed by atoms with van der Waals surface area (Å²) in [6.07, 6.45) is 0. The molecule has 0 radical (unpaired) electrons. The molecule has 2 rings (SSSR count). The maximum absolute atomic E-state index is 11.1. The van der Waals surface area contributed by atoms with E-state index in [0.29, 0.717) is 17.7 Å². The van der Waals surface area contributed by atoms with Crippen LogP contribution >= 0.6 is 15.9 Å². The van der Waals surface area contributed by atoms with Crippen LogP contribution in [0.3, 0.4) is 0 Å². The fraction of sp³-hybridized carbons (Fsp3) is 0.0667. The Kier molecular flexibility index (Phi) is 4.38. The fourth-order valence-corrected chi connectivity index (χ4v) is 2.15. The first-order chi connectivity index (χ1) is 9.60. The van der Waals surface area contributed by atoms with Gasteiger partial charge in [-0.15, -0.1) is 0 Å². The molecule has 0 fully saturated rings. The molecule has 1 amide bonds. The van der Waals surface area contributed by atoms with Crippen LogP contribution < -0.4 is 11.1 Å². The number of primary amides is 1. The maximum atomic E-state index is 11.1. The summed E-state index contributed by atoms with van der Waals surface area (Å²) in [5, 5.41) is 12.2. The van der Waals surface area contributed by atoms with Crippen molar-refractivity contribution in [3.63, 3.8) is 0 Å². The number of benzene rings is 2. The van der Waals surface area contributed by atoms with Gasteiger partial charge in [0.05, 0.1) is 11.3 Å². The number of hydrogen-bond donors (Lipinski definition) is 2. The van der Waals surface area contributed by atoms with E-state index in [1.807, 2.05) is 18.2 Å². The molecule has 3 N–H and O–H groups in total. The van der Waals surface area contributed by atoms with Gasteiger partial charge in [-0.25, -0.2) is 0 Å². The molecule has 0 unspecified atom stereocenters. The Morgan fingerprint density at radius 2 is 2.10 bits per heavy atom. The van der Waals surface area contributed by atoms with Gasteiger partial charge in [0, 0.05) is 16.6 Å². The first kappa shape index (κ1) is 14.1. The number of nitriles is 1. The van der Waals surface area contributed by atoms with Gasteiger partial charge in [0.15, 0.2) is 0 Å². The van der Waals surface area contributed by atoms with Crippen molar-refractivity contribution in [3.8, 4) is 6.07 Å². The summed E-state index contributed by atoms with van der Waals surface area (Å²) in [5.74, 6) is -0.452. The molecule has 0 heterocycles. The van der Waals surface area contributed by atoms with E-state index in [-0.39, 0.29) is 0 Å². The minimum absolute atomic E-state index is 0.452. The molecule has 100 valence electrons. The van der Waals surface area contributed by atoms with Crippen molar-refractivity contribution in [2.24, 2.45) is 5.73 Å². The van der Waals surface area contributed by atoms with E-state index in [9.17, 15) is 4.79 Å². The van der Waals surface area contributed by atoms with Crippen LogP contribution in [0.15, 0.2) is 46.9 Å². The van der Waals surface area contributed by atoms with Crippen molar-refractivity contribution in [2.45, 2.75) is 6.54 Å². The zero-order valence-corrected chi connectivity index (χ0v) is 12.1. The predicted octanol–water partition coefficient (Wildman–Crippen LogP) is 3.03. The molecule has 0 saturated heterocycles. The summed E-state index contributed by atoms with van der Waals surface area (Å²) in [6, 6.07) is 14.6. The Morgan fingerprint density at radius 3 is 2.80 bits per heavy atom. The quantitative estimate of drug-likeness (QED) is 0.904. The van der Waals surface area contributed by atoms with Gasteiger partial charge in [0.25, 0.3) is 0 Å². The van der Waals surface area contributed by atoms with Crippen LogP contribution in [0.2, 0.25) is 0 Å². The van der Waals surface area contributed by atoms with Gasteiger partial charge in [-0.1, -0.05) is 28.1 Å². The van der Waals surface area contributed by atoms with Gasteiger partial charge in [-0.3, -0.25) is 4.79 Å². The summed E-state index contributed by atoms with van der Waals surface area (Å²) in [5.41, 5.74) is 7.95. The smallest absolute Gasteiger partial charge is 0.248 e. The molecule has 0 aliphatic heterocycles. The van der Waals surface area contributed by atoms with Crippen LogP contribution in [0.5, 0.6) is 0 Å². The zero-order valence-electron chi connectivity index (χ0n) is 10.6. The van der Waals surface area contributed by atoms with Crippen molar-refractivity contribution < 1.29 is 4.79 Å². The third-order valence-corrected chi connectivity index (χ3v) is 3.29. The minimum Gasteiger partial charge on any atom is -0.380 e. The molecule has 0 bridgehead atoms. The summed E-state index contributed by atoms with van der Waals surface area (Å²) in [6.45, 7) is 0.506. The Balaban J connectivity index is 2.17. The standard InChI is InChI=1S/C15H12BrN3O/c16-13-5-4-12(8-17)14(7-13)19-9-10-2-1-3-11(6-10)15(18)20/h1-7,19H,9H2,(H2,18,20). The number of nitrogens with one attached hydrogen (secondary N) is 1. The molecule has 2 aromatic rings. The van der Waals surface area contributed by atoms with Crippen LogP contribution in [-0.2, 0) is 6.54 Å². The van der Waals surface area contributed by atoms with Crippen LogP contribution in [0.25, 0.3) is 0 Å². The molecule has 0 aliphatic carbocycles. The molecular formula is C15H12BrN3O. The zero-order chi connectivity index (χ0) is 14.5. The van der Waals surface area contributed by atoms with Gasteiger partial charge in [-0.2, -0.15) is 5.26 Å². The molecule has 2 aromatic carbocycles. The minimum atomic E-state index is -0.452. The lowest BCUT2D eigenvalue weighted by Crippen LogP contribution is -2.11. The number of hydrogen-bond acceptors (Lipinski definition) is 3. The second-order valence-corrected chi connectivity index (χ2v) is 5.14. The highest BCUT2D eigenvalue weighted by atomic mass is 79.9. The first-order valence-electron chi connectivity index (χ1n) is 5.92. The van der Waals surface area contributed by atoms with Crippen molar-refractivity contribution in [2.75, 3.05) is 5.32 Å². The second kappa shape index (κ2) is 6.22. The molecule has 0 aliphatic rings. The Bertz CT molecular complexity index is 692.